The van der Waals surface area contributed by atoms with Gasteiger partial charge in [0.05, 0.1) is 32.5 Å². The predicted molar refractivity (Wildman–Crippen MR) is 102 cm³/mol. The van der Waals surface area contributed by atoms with Crippen molar-refractivity contribution in [2.24, 2.45) is 0 Å². The number of likely N-dealkylation sites (tertiary alicyclic amines) is 1. The van der Waals surface area contributed by atoms with Gasteiger partial charge in [0.15, 0.2) is 11.5 Å². The van der Waals surface area contributed by atoms with Crippen LogP contribution in [0.25, 0.3) is 0 Å². The molecule has 0 bridgehead atoms. The minimum absolute atomic E-state index is 0.158. The predicted octanol–water partition coefficient (Wildman–Crippen LogP) is 3.03. The van der Waals surface area contributed by atoms with Crippen molar-refractivity contribution < 1.29 is 19.3 Å². The molecule has 1 heterocycles. The Morgan fingerprint density at radius 3 is 2.73 bits per heavy atom. The molecule has 1 aromatic carbocycles. The first kappa shape index (κ1) is 19.5. The summed E-state index contributed by atoms with van der Waals surface area (Å²) in [6.45, 7) is 5.13. The zero-order chi connectivity index (χ0) is 18.4. The molecule has 26 heavy (non-hydrogen) atoms. The standard InChI is InChI=1S/C21H33NO4/c1-3-25-21-14-16(8-9-20(21)24-2)11-13-26-19-7-5-4-6-18(19)22-12-10-17(23)15-22/h8-9,14,17-19,23H,3-7,10-13,15H2,1-2H3/t17-,18-,19-/m1/s1. The van der Waals surface area contributed by atoms with Crippen LogP contribution in [-0.2, 0) is 11.2 Å². The Hall–Kier alpha value is -1.30. The molecule has 3 atom stereocenters. The van der Waals surface area contributed by atoms with Crippen LogP contribution in [0.1, 0.15) is 44.6 Å². The van der Waals surface area contributed by atoms with Gasteiger partial charge in [0.1, 0.15) is 0 Å². The number of hydrogen-bond acceptors (Lipinski definition) is 5. The van der Waals surface area contributed by atoms with Gasteiger partial charge in [-0.3, -0.25) is 4.90 Å². The monoisotopic (exact) mass is 363 g/mol. The molecule has 1 aliphatic heterocycles. The smallest absolute Gasteiger partial charge is 0.161 e. The molecule has 2 aliphatic rings. The topological polar surface area (TPSA) is 51.2 Å². The summed E-state index contributed by atoms with van der Waals surface area (Å²) in [5, 5.41) is 9.85. The van der Waals surface area contributed by atoms with Crippen molar-refractivity contribution in [3.05, 3.63) is 23.8 Å². The maximum atomic E-state index is 9.85. The van der Waals surface area contributed by atoms with E-state index in [1.165, 1.54) is 24.8 Å². The molecule has 1 saturated carbocycles. The number of nitrogens with zero attached hydrogens (tertiary/aromatic N) is 1. The van der Waals surface area contributed by atoms with E-state index in [2.05, 4.69) is 17.0 Å². The van der Waals surface area contributed by atoms with Crippen molar-refractivity contribution in [2.45, 2.75) is 63.7 Å². The van der Waals surface area contributed by atoms with Gasteiger partial charge in [-0.05, 0) is 50.3 Å². The lowest BCUT2D eigenvalue weighted by Gasteiger charge is -2.37. The molecule has 2 fully saturated rings. The summed E-state index contributed by atoms with van der Waals surface area (Å²) >= 11 is 0. The first-order valence-corrected chi connectivity index (χ1v) is 10.0. The van der Waals surface area contributed by atoms with Crippen LogP contribution in [0.15, 0.2) is 18.2 Å². The van der Waals surface area contributed by atoms with Crippen LogP contribution in [0, 0.1) is 0 Å². The first-order chi connectivity index (χ1) is 12.7. The maximum absolute atomic E-state index is 9.85. The number of methoxy groups -OCH3 is 1. The third kappa shape index (κ3) is 4.90. The van der Waals surface area contributed by atoms with Crippen molar-refractivity contribution in [3.8, 4) is 11.5 Å². The number of hydrogen-bond donors (Lipinski definition) is 1. The first-order valence-electron chi connectivity index (χ1n) is 10.0. The Labute approximate surface area is 157 Å². The maximum Gasteiger partial charge on any atom is 0.161 e. The van der Waals surface area contributed by atoms with Gasteiger partial charge in [0.2, 0.25) is 0 Å². The highest BCUT2D eigenvalue weighted by Crippen LogP contribution is 2.30. The van der Waals surface area contributed by atoms with Crippen LogP contribution in [0.4, 0.5) is 0 Å². The fourth-order valence-electron chi connectivity index (χ4n) is 4.23. The molecule has 1 aliphatic carbocycles. The quantitative estimate of drug-likeness (QED) is 0.769. The SMILES string of the molecule is CCOc1cc(CCO[C@@H]2CCCC[C@H]2N2CC[C@@H](O)C2)ccc1OC. The average molecular weight is 363 g/mol. The van der Waals surface area contributed by atoms with E-state index in [1.54, 1.807) is 7.11 Å². The fourth-order valence-corrected chi connectivity index (χ4v) is 4.23. The Morgan fingerprint density at radius 2 is 2.00 bits per heavy atom. The van der Waals surface area contributed by atoms with Crippen LogP contribution in [0.2, 0.25) is 0 Å². The number of β-amino-alcohol motifs (C(OH)–C–C–N with tert-alkyl or cyclic N) is 1. The third-order valence-corrected chi connectivity index (χ3v) is 5.58. The van der Waals surface area contributed by atoms with E-state index >= 15 is 0 Å². The molecule has 0 aromatic heterocycles. The summed E-state index contributed by atoms with van der Waals surface area (Å²) in [5.74, 6) is 1.57. The zero-order valence-electron chi connectivity index (χ0n) is 16.2. The van der Waals surface area contributed by atoms with E-state index in [-0.39, 0.29) is 6.10 Å². The van der Waals surface area contributed by atoms with Gasteiger partial charge in [-0.25, -0.2) is 0 Å². The second-order valence-corrected chi connectivity index (χ2v) is 7.37. The Bertz CT molecular complexity index is 565. The van der Waals surface area contributed by atoms with Crippen molar-refractivity contribution in [3.63, 3.8) is 0 Å². The second-order valence-electron chi connectivity index (χ2n) is 7.37. The number of rotatable bonds is 8. The lowest BCUT2D eigenvalue weighted by molar-refractivity contribution is -0.0316. The van der Waals surface area contributed by atoms with Crippen molar-refractivity contribution in [2.75, 3.05) is 33.4 Å². The molecule has 1 aromatic rings. The van der Waals surface area contributed by atoms with E-state index < -0.39 is 0 Å². The minimum atomic E-state index is -0.158. The van der Waals surface area contributed by atoms with Crippen LogP contribution in [0.5, 0.6) is 11.5 Å². The molecular weight excluding hydrogens is 330 g/mol. The van der Waals surface area contributed by atoms with E-state index in [0.717, 1.165) is 50.5 Å². The van der Waals surface area contributed by atoms with Crippen LogP contribution < -0.4 is 9.47 Å². The molecule has 1 saturated heterocycles. The normalized spacial score (nSPS) is 26.8. The van der Waals surface area contributed by atoms with E-state index in [9.17, 15) is 5.11 Å². The molecule has 146 valence electrons. The molecule has 5 heteroatoms. The highest BCUT2D eigenvalue weighted by atomic mass is 16.5. The second kappa shape index (κ2) is 9.58. The van der Waals surface area contributed by atoms with E-state index in [4.69, 9.17) is 14.2 Å². The van der Waals surface area contributed by atoms with Crippen LogP contribution in [-0.4, -0.2) is 61.7 Å². The highest BCUT2D eigenvalue weighted by molar-refractivity contribution is 5.43. The van der Waals surface area contributed by atoms with Gasteiger partial charge in [-0.2, -0.15) is 0 Å². The number of benzene rings is 1. The number of aliphatic hydroxyl groups excluding tert-OH is 1. The number of ether oxygens (including phenoxy) is 3. The minimum Gasteiger partial charge on any atom is -0.493 e. The Morgan fingerprint density at radius 1 is 1.15 bits per heavy atom. The summed E-state index contributed by atoms with van der Waals surface area (Å²) in [6, 6.07) is 6.58. The Balaban J connectivity index is 1.53. The van der Waals surface area contributed by atoms with Gasteiger partial charge in [-0.15, -0.1) is 0 Å². The summed E-state index contributed by atoms with van der Waals surface area (Å²) in [4.78, 5) is 2.44. The summed E-state index contributed by atoms with van der Waals surface area (Å²) in [7, 11) is 1.67. The van der Waals surface area contributed by atoms with Crippen LogP contribution in [0.3, 0.4) is 0 Å². The lowest BCUT2D eigenvalue weighted by Crippen LogP contribution is -2.46. The van der Waals surface area contributed by atoms with E-state index in [1.807, 2.05) is 13.0 Å². The van der Waals surface area contributed by atoms with Gasteiger partial charge >= 0.3 is 0 Å². The molecule has 3 rings (SSSR count). The lowest BCUT2D eigenvalue weighted by atomic mass is 9.91. The molecule has 5 nitrogen and oxygen atoms in total. The van der Waals surface area contributed by atoms with Crippen molar-refractivity contribution >= 4 is 0 Å². The van der Waals surface area contributed by atoms with Crippen molar-refractivity contribution in [1.29, 1.82) is 0 Å². The molecule has 1 N–H and O–H groups in total. The van der Waals surface area contributed by atoms with Crippen molar-refractivity contribution in [1.82, 2.24) is 4.90 Å². The van der Waals surface area contributed by atoms with E-state index in [0.29, 0.717) is 18.8 Å². The van der Waals surface area contributed by atoms with Gasteiger partial charge in [0, 0.05) is 19.1 Å². The van der Waals surface area contributed by atoms with Gasteiger partial charge in [-0.1, -0.05) is 18.9 Å². The molecule has 0 amide bonds. The average Bonchev–Trinajstić information content (AvgIpc) is 3.09. The van der Waals surface area contributed by atoms with Gasteiger partial charge < -0.3 is 19.3 Å². The third-order valence-electron chi connectivity index (χ3n) is 5.58. The number of aliphatic hydroxyl groups is 1. The molecular formula is C21H33NO4. The summed E-state index contributed by atoms with van der Waals surface area (Å²) in [5.41, 5.74) is 1.21. The van der Waals surface area contributed by atoms with Gasteiger partial charge in [0.25, 0.3) is 0 Å². The molecule has 0 unspecified atom stereocenters. The summed E-state index contributed by atoms with van der Waals surface area (Å²) in [6.07, 6.45) is 6.73. The Kier molecular flexibility index (Phi) is 7.17. The molecule has 0 spiro atoms. The zero-order valence-corrected chi connectivity index (χ0v) is 16.2. The highest BCUT2D eigenvalue weighted by Gasteiger charge is 2.34. The summed E-state index contributed by atoms with van der Waals surface area (Å²) < 4.78 is 17.3. The molecule has 0 radical (unpaired) electrons. The van der Waals surface area contributed by atoms with Crippen LogP contribution >= 0.6 is 0 Å². The fraction of sp³-hybridized carbons (Fsp3) is 0.714. The largest absolute Gasteiger partial charge is 0.493 e.